The molecule has 23 heavy (non-hydrogen) atoms. The molecule has 1 heterocycles. The Kier molecular flexibility index (Phi) is 9.32. The van der Waals surface area contributed by atoms with Crippen molar-refractivity contribution < 1.29 is 4.79 Å². The van der Waals surface area contributed by atoms with Crippen LogP contribution in [0, 0.1) is 0 Å². The van der Waals surface area contributed by atoms with Gasteiger partial charge >= 0.3 is 0 Å². The van der Waals surface area contributed by atoms with Gasteiger partial charge in [0.1, 0.15) is 0 Å². The highest BCUT2D eigenvalue weighted by molar-refractivity contribution is 6.10. The highest BCUT2D eigenvalue weighted by Crippen LogP contribution is 2.18. The number of aliphatic imine (C=N–C) groups is 1. The number of aromatic nitrogens is 1. The molecule has 8 heteroatoms. The zero-order chi connectivity index (χ0) is 15.2. The second kappa shape index (κ2) is 10.1. The molecule has 0 bridgehead atoms. The number of hydrogen-bond acceptors (Lipinski definition) is 2. The van der Waals surface area contributed by atoms with Crippen molar-refractivity contribution in [3.05, 3.63) is 36.0 Å². The van der Waals surface area contributed by atoms with Crippen molar-refractivity contribution in [3.8, 4) is 0 Å². The van der Waals surface area contributed by atoms with E-state index in [1.165, 1.54) is 0 Å². The van der Waals surface area contributed by atoms with Crippen molar-refractivity contribution in [3.63, 3.8) is 0 Å². The maximum Gasteiger partial charge on any atom is 0.282 e. The Morgan fingerprint density at radius 3 is 2.70 bits per heavy atom. The van der Waals surface area contributed by atoms with Crippen LogP contribution in [0.3, 0.4) is 0 Å². The van der Waals surface area contributed by atoms with Gasteiger partial charge in [0, 0.05) is 23.6 Å². The molecule has 0 spiro atoms. The summed E-state index contributed by atoms with van der Waals surface area (Å²) in [6.07, 6.45) is 2.60. The Balaban J connectivity index is 0.00000242. The number of halogens is 2. The third-order valence-corrected chi connectivity index (χ3v) is 3.13. The monoisotopic (exact) mass is 359 g/mol. The molecule has 0 aliphatic rings. The van der Waals surface area contributed by atoms with Gasteiger partial charge in [0.2, 0.25) is 0 Å². The number of carbonyl (C=O) groups is 1. The van der Waals surface area contributed by atoms with Gasteiger partial charge in [-0.1, -0.05) is 18.2 Å². The van der Waals surface area contributed by atoms with Gasteiger partial charge in [0.15, 0.2) is 5.96 Å². The van der Waals surface area contributed by atoms with Gasteiger partial charge in [0.05, 0.1) is 5.56 Å². The van der Waals surface area contributed by atoms with Crippen LogP contribution in [-0.2, 0) is 0 Å². The lowest BCUT2D eigenvalue weighted by molar-refractivity contribution is 0.100. The van der Waals surface area contributed by atoms with Crippen molar-refractivity contribution in [2.45, 2.75) is 6.42 Å². The van der Waals surface area contributed by atoms with Crippen LogP contribution in [0.2, 0.25) is 0 Å². The van der Waals surface area contributed by atoms with Gasteiger partial charge in [-0.2, -0.15) is 4.99 Å². The van der Waals surface area contributed by atoms with Crippen LogP contribution in [0.1, 0.15) is 16.8 Å². The minimum absolute atomic E-state index is 0. The van der Waals surface area contributed by atoms with E-state index in [1.807, 2.05) is 38.4 Å². The molecule has 4 N–H and O–H groups in total. The Morgan fingerprint density at radius 1 is 1.30 bits per heavy atom. The first kappa shape index (κ1) is 21.2. The first-order valence-electron chi connectivity index (χ1n) is 6.91. The normalized spacial score (nSPS) is 11.0. The average Bonchev–Trinajstić information content (AvgIpc) is 2.87. The van der Waals surface area contributed by atoms with Crippen molar-refractivity contribution in [2.75, 3.05) is 27.2 Å². The van der Waals surface area contributed by atoms with E-state index in [0.717, 1.165) is 23.9 Å². The van der Waals surface area contributed by atoms with Crippen LogP contribution >= 0.6 is 24.8 Å². The predicted molar refractivity (Wildman–Crippen MR) is 99.9 cm³/mol. The second-order valence-corrected chi connectivity index (χ2v) is 5.13. The molecule has 0 saturated heterocycles. The van der Waals surface area contributed by atoms with Gasteiger partial charge in [0.25, 0.3) is 5.91 Å². The fraction of sp³-hybridized carbons (Fsp3) is 0.333. The average molecular weight is 360 g/mol. The minimum Gasteiger partial charge on any atom is -0.370 e. The smallest absolute Gasteiger partial charge is 0.282 e. The Hall–Kier alpha value is -1.76. The summed E-state index contributed by atoms with van der Waals surface area (Å²) in [7, 11) is 4.02. The molecule has 128 valence electrons. The first-order chi connectivity index (χ1) is 10.1. The molecule has 2 aromatic rings. The highest BCUT2D eigenvalue weighted by atomic mass is 35.5. The summed E-state index contributed by atoms with van der Waals surface area (Å²) < 4.78 is 0. The largest absolute Gasteiger partial charge is 0.370 e. The zero-order valence-corrected chi connectivity index (χ0v) is 14.8. The number of nitrogens with one attached hydrogen (secondary N) is 2. The van der Waals surface area contributed by atoms with E-state index in [0.29, 0.717) is 12.1 Å². The van der Waals surface area contributed by atoms with E-state index in [4.69, 9.17) is 5.73 Å². The summed E-state index contributed by atoms with van der Waals surface area (Å²) in [5, 5.41) is 3.80. The van der Waals surface area contributed by atoms with Gasteiger partial charge < -0.3 is 20.9 Å². The predicted octanol–water partition coefficient (Wildman–Crippen LogP) is 2.01. The Bertz CT molecular complexity index is 654. The number of nitrogens with two attached hydrogens (primary N) is 1. The van der Waals surface area contributed by atoms with Crippen LogP contribution < -0.4 is 11.1 Å². The number of aromatic amines is 1. The number of H-pyrrole nitrogens is 1. The lowest BCUT2D eigenvalue weighted by Crippen LogP contribution is -2.34. The molecule has 0 atom stereocenters. The van der Waals surface area contributed by atoms with Crippen LogP contribution in [-0.4, -0.2) is 48.9 Å². The maximum absolute atomic E-state index is 12.1. The summed E-state index contributed by atoms with van der Waals surface area (Å²) in [6, 6.07) is 7.60. The van der Waals surface area contributed by atoms with Crippen LogP contribution in [0.15, 0.2) is 35.5 Å². The molecule has 1 amide bonds. The number of hydrogen-bond donors (Lipinski definition) is 3. The number of nitrogens with zero attached hydrogens (tertiary/aromatic N) is 2. The fourth-order valence-electron chi connectivity index (χ4n) is 2.07. The van der Waals surface area contributed by atoms with E-state index < -0.39 is 0 Å². The Morgan fingerprint density at radius 2 is 2.00 bits per heavy atom. The molecule has 0 saturated carbocycles. The van der Waals surface area contributed by atoms with Gasteiger partial charge in [-0.05, 0) is 33.1 Å². The number of rotatable bonds is 5. The number of amides is 1. The summed E-state index contributed by atoms with van der Waals surface area (Å²) in [4.78, 5) is 21.2. The lowest BCUT2D eigenvalue weighted by atomic mass is 10.2. The van der Waals surface area contributed by atoms with Gasteiger partial charge in [-0.3, -0.25) is 4.79 Å². The van der Waals surface area contributed by atoms with E-state index in [1.54, 1.807) is 6.20 Å². The molecule has 0 unspecified atom stereocenters. The molecule has 0 aliphatic carbocycles. The number of para-hydroxylation sites is 1. The minimum atomic E-state index is -0.343. The number of carbonyl (C=O) groups excluding carboxylic acids is 1. The second-order valence-electron chi connectivity index (χ2n) is 5.13. The van der Waals surface area contributed by atoms with Crippen LogP contribution in [0.25, 0.3) is 10.9 Å². The lowest BCUT2D eigenvalue weighted by Gasteiger charge is -2.09. The Labute approximate surface area is 148 Å². The van der Waals surface area contributed by atoms with Crippen molar-refractivity contribution in [2.24, 2.45) is 10.7 Å². The number of guanidine groups is 1. The van der Waals surface area contributed by atoms with Crippen LogP contribution in [0.4, 0.5) is 0 Å². The van der Waals surface area contributed by atoms with Gasteiger partial charge in [-0.15, -0.1) is 24.8 Å². The van der Waals surface area contributed by atoms with Crippen molar-refractivity contribution in [1.29, 1.82) is 0 Å². The molecule has 0 radical (unpaired) electrons. The third kappa shape index (κ3) is 6.09. The van der Waals surface area contributed by atoms with Crippen molar-refractivity contribution >= 4 is 47.6 Å². The summed E-state index contributed by atoms with van der Waals surface area (Å²) in [6.45, 7) is 1.64. The zero-order valence-electron chi connectivity index (χ0n) is 13.2. The molecular formula is C15H23Cl2N5O. The van der Waals surface area contributed by atoms with E-state index in [9.17, 15) is 4.79 Å². The third-order valence-electron chi connectivity index (χ3n) is 3.13. The first-order valence-corrected chi connectivity index (χ1v) is 6.91. The molecule has 1 aromatic carbocycles. The summed E-state index contributed by atoms with van der Waals surface area (Å²) >= 11 is 0. The van der Waals surface area contributed by atoms with E-state index in [-0.39, 0.29) is 36.7 Å². The highest BCUT2D eigenvalue weighted by Gasteiger charge is 2.11. The molecule has 0 fully saturated rings. The van der Waals surface area contributed by atoms with Crippen LogP contribution in [0.5, 0.6) is 0 Å². The summed E-state index contributed by atoms with van der Waals surface area (Å²) in [5.74, 6) is -0.186. The fourth-order valence-corrected chi connectivity index (χ4v) is 2.07. The van der Waals surface area contributed by atoms with E-state index >= 15 is 0 Å². The van der Waals surface area contributed by atoms with Crippen molar-refractivity contribution in [1.82, 2.24) is 15.2 Å². The van der Waals surface area contributed by atoms with Gasteiger partial charge in [-0.25, -0.2) is 0 Å². The number of benzene rings is 1. The molecular weight excluding hydrogens is 337 g/mol. The molecule has 0 aliphatic heterocycles. The maximum atomic E-state index is 12.1. The quantitative estimate of drug-likeness (QED) is 0.433. The SMILES string of the molecule is CN(C)CCCNC(N)=NC(=O)c1c[nH]c2ccccc12.Cl.Cl. The topological polar surface area (TPSA) is 86.5 Å². The standard InChI is InChI=1S/C15H21N5O.2ClH/c1-20(2)9-5-8-17-15(16)19-14(21)12-10-18-13-7-4-3-6-11(12)13;;/h3-4,6-7,10,18H,5,8-9H2,1-2H3,(H3,16,17,19,21);2*1H. The summed E-state index contributed by atoms with van der Waals surface area (Å²) in [5.41, 5.74) is 7.18. The number of fused-ring (bicyclic) bond motifs is 1. The molecule has 6 nitrogen and oxygen atoms in total. The van der Waals surface area contributed by atoms with E-state index in [2.05, 4.69) is 20.2 Å². The molecule has 1 aromatic heterocycles. The molecule has 2 rings (SSSR count).